The van der Waals surface area contributed by atoms with E-state index >= 15 is 0 Å². The SMILES string of the molecule is Cn1c(=O)n(C2CCCCNC2)c(=O)c2c(Cl)cccc21. The van der Waals surface area contributed by atoms with Gasteiger partial charge in [-0.05, 0) is 31.5 Å². The third kappa shape index (κ3) is 2.40. The Balaban J connectivity index is 2.30. The first-order chi connectivity index (χ1) is 10.1. The molecule has 2 aromatic rings. The van der Waals surface area contributed by atoms with Crippen LogP contribution < -0.4 is 16.6 Å². The van der Waals surface area contributed by atoms with Gasteiger partial charge in [-0.25, -0.2) is 4.79 Å². The zero-order valence-electron chi connectivity index (χ0n) is 11.9. The number of hydrogen-bond donors (Lipinski definition) is 1. The third-order valence-corrected chi connectivity index (χ3v) is 4.48. The van der Waals surface area contributed by atoms with Crippen molar-refractivity contribution in [2.45, 2.75) is 25.3 Å². The number of halogens is 1. The molecule has 0 spiro atoms. The number of rotatable bonds is 1. The van der Waals surface area contributed by atoms with E-state index in [9.17, 15) is 9.59 Å². The molecule has 6 heteroatoms. The fourth-order valence-electron chi connectivity index (χ4n) is 3.02. The molecule has 5 nitrogen and oxygen atoms in total. The Hall–Kier alpha value is -1.59. The third-order valence-electron chi connectivity index (χ3n) is 4.16. The maximum atomic E-state index is 12.8. The average molecular weight is 308 g/mol. The van der Waals surface area contributed by atoms with Crippen molar-refractivity contribution in [3.8, 4) is 0 Å². The number of fused-ring (bicyclic) bond motifs is 1. The normalized spacial score (nSPS) is 19.6. The lowest BCUT2D eigenvalue weighted by atomic mass is 10.1. The molecule has 2 heterocycles. The van der Waals surface area contributed by atoms with Gasteiger partial charge in [-0.3, -0.25) is 13.9 Å². The first kappa shape index (κ1) is 14.4. The van der Waals surface area contributed by atoms with Crippen LogP contribution in [0, 0.1) is 0 Å². The smallest absolute Gasteiger partial charge is 0.315 e. The summed E-state index contributed by atoms with van der Waals surface area (Å²) in [6, 6.07) is 5.08. The Morgan fingerprint density at radius 1 is 1.29 bits per heavy atom. The van der Waals surface area contributed by atoms with Crippen molar-refractivity contribution in [2.75, 3.05) is 13.1 Å². The van der Waals surface area contributed by atoms with E-state index in [4.69, 9.17) is 11.6 Å². The molecule has 1 aliphatic rings. The first-order valence-corrected chi connectivity index (χ1v) is 7.59. The molecule has 0 amide bonds. The van der Waals surface area contributed by atoms with E-state index in [1.54, 1.807) is 25.2 Å². The van der Waals surface area contributed by atoms with E-state index in [0.29, 0.717) is 22.5 Å². The molecule has 0 bridgehead atoms. The van der Waals surface area contributed by atoms with E-state index in [1.807, 2.05) is 0 Å². The minimum Gasteiger partial charge on any atom is -0.315 e. The molecule has 3 rings (SSSR count). The predicted octanol–water partition coefficient (Wildman–Crippen LogP) is 1.67. The highest BCUT2D eigenvalue weighted by Crippen LogP contribution is 2.20. The predicted molar refractivity (Wildman–Crippen MR) is 84.2 cm³/mol. The summed E-state index contributed by atoms with van der Waals surface area (Å²) in [7, 11) is 1.68. The van der Waals surface area contributed by atoms with Gasteiger partial charge < -0.3 is 5.32 Å². The molecule has 1 saturated heterocycles. The van der Waals surface area contributed by atoms with E-state index < -0.39 is 0 Å². The minimum atomic E-state index is -0.285. The Kier molecular flexibility index (Phi) is 3.87. The van der Waals surface area contributed by atoms with Gasteiger partial charge >= 0.3 is 5.69 Å². The van der Waals surface area contributed by atoms with E-state index in [1.165, 1.54) is 9.13 Å². The summed E-state index contributed by atoms with van der Waals surface area (Å²) in [5, 5.41) is 4.11. The number of aromatic nitrogens is 2. The van der Waals surface area contributed by atoms with Gasteiger partial charge in [-0.15, -0.1) is 0 Å². The van der Waals surface area contributed by atoms with E-state index in [-0.39, 0.29) is 17.3 Å². The Morgan fingerprint density at radius 3 is 2.90 bits per heavy atom. The highest BCUT2D eigenvalue weighted by atomic mass is 35.5. The van der Waals surface area contributed by atoms with E-state index in [2.05, 4.69) is 5.32 Å². The van der Waals surface area contributed by atoms with Gasteiger partial charge in [0.2, 0.25) is 0 Å². The topological polar surface area (TPSA) is 56.0 Å². The molecule has 1 N–H and O–H groups in total. The average Bonchev–Trinajstić information content (AvgIpc) is 2.74. The van der Waals surface area contributed by atoms with Crippen molar-refractivity contribution >= 4 is 22.5 Å². The second-order valence-corrected chi connectivity index (χ2v) is 5.91. The number of nitrogens with zero attached hydrogens (tertiary/aromatic N) is 2. The Morgan fingerprint density at radius 2 is 2.10 bits per heavy atom. The van der Waals surface area contributed by atoms with Gasteiger partial charge in [0.15, 0.2) is 0 Å². The lowest BCUT2D eigenvalue weighted by molar-refractivity contribution is 0.426. The standard InChI is InChI=1S/C15H18ClN3O2/c1-18-12-7-4-6-11(16)13(12)14(20)19(15(18)21)10-5-2-3-8-17-9-10/h4,6-7,10,17H,2-3,5,8-9H2,1H3. The van der Waals surface area contributed by atoms with Crippen molar-refractivity contribution in [3.05, 3.63) is 44.1 Å². The summed E-state index contributed by atoms with van der Waals surface area (Å²) in [5.41, 5.74) is 0.0196. The molecular weight excluding hydrogens is 290 g/mol. The Labute approximate surface area is 127 Å². The summed E-state index contributed by atoms with van der Waals surface area (Å²) in [5.74, 6) is 0. The quantitative estimate of drug-likeness (QED) is 0.872. The van der Waals surface area contributed by atoms with Crippen LogP contribution in [-0.2, 0) is 7.05 Å². The van der Waals surface area contributed by atoms with Crippen molar-refractivity contribution in [3.63, 3.8) is 0 Å². The first-order valence-electron chi connectivity index (χ1n) is 7.21. The Bertz CT molecular complexity index is 786. The molecule has 1 aromatic heterocycles. The fraction of sp³-hybridized carbons (Fsp3) is 0.467. The molecule has 1 atom stereocenters. The van der Waals surface area contributed by atoms with Crippen LogP contribution in [0.5, 0.6) is 0 Å². The minimum absolute atomic E-state index is 0.112. The number of aryl methyl sites for hydroxylation is 1. The highest BCUT2D eigenvalue weighted by molar-refractivity contribution is 6.35. The summed E-state index contributed by atoms with van der Waals surface area (Å²) >= 11 is 6.19. The zero-order valence-corrected chi connectivity index (χ0v) is 12.7. The molecule has 1 unspecified atom stereocenters. The van der Waals surface area contributed by atoms with Crippen molar-refractivity contribution in [1.82, 2.24) is 14.5 Å². The molecule has 0 radical (unpaired) electrons. The van der Waals surface area contributed by atoms with Gasteiger partial charge in [-0.2, -0.15) is 0 Å². The van der Waals surface area contributed by atoms with Crippen LogP contribution in [0.2, 0.25) is 5.02 Å². The summed E-state index contributed by atoms with van der Waals surface area (Å²) in [4.78, 5) is 25.4. The van der Waals surface area contributed by atoms with Crippen LogP contribution in [0.3, 0.4) is 0 Å². The molecule has 1 aromatic carbocycles. The molecule has 21 heavy (non-hydrogen) atoms. The monoisotopic (exact) mass is 307 g/mol. The van der Waals surface area contributed by atoms with Gasteiger partial charge in [-0.1, -0.05) is 24.1 Å². The maximum absolute atomic E-state index is 12.8. The largest absolute Gasteiger partial charge is 0.331 e. The van der Waals surface area contributed by atoms with Gasteiger partial charge in [0.25, 0.3) is 5.56 Å². The van der Waals surface area contributed by atoms with Crippen LogP contribution in [0.4, 0.5) is 0 Å². The van der Waals surface area contributed by atoms with Crippen molar-refractivity contribution in [1.29, 1.82) is 0 Å². The molecule has 1 aliphatic heterocycles. The number of nitrogens with one attached hydrogen (secondary N) is 1. The second-order valence-electron chi connectivity index (χ2n) is 5.50. The van der Waals surface area contributed by atoms with Crippen LogP contribution >= 0.6 is 11.6 Å². The van der Waals surface area contributed by atoms with Crippen LogP contribution in [0.1, 0.15) is 25.3 Å². The molecular formula is C15H18ClN3O2. The van der Waals surface area contributed by atoms with Gasteiger partial charge in [0.1, 0.15) is 0 Å². The van der Waals surface area contributed by atoms with Gasteiger partial charge in [0, 0.05) is 13.6 Å². The van der Waals surface area contributed by atoms with Crippen LogP contribution in [0.15, 0.2) is 27.8 Å². The molecule has 1 fully saturated rings. The van der Waals surface area contributed by atoms with Crippen LogP contribution in [-0.4, -0.2) is 22.2 Å². The molecule has 112 valence electrons. The number of benzene rings is 1. The van der Waals surface area contributed by atoms with Crippen molar-refractivity contribution in [2.24, 2.45) is 7.05 Å². The maximum Gasteiger partial charge on any atom is 0.331 e. The number of hydrogen-bond acceptors (Lipinski definition) is 3. The lowest BCUT2D eigenvalue weighted by Gasteiger charge is -2.19. The summed E-state index contributed by atoms with van der Waals surface area (Å²) in [6.45, 7) is 1.57. The summed E-state index contributed by atoms with van der Waals surface area (Å²) < 4.78 is 2.88. The summed E-state index contributed by atoms with van der Waals surface area (Å²) in [6.07, 6.45) is 2.91. The van der Waals surface area contributed by atoms with E-state index in [0.717, 1.165) is 25.8 Å². The highest BCUT2D eigenvalue weighted by Gasteiger charge is 2.21. The van der Waals surface area contributed by atoms with Crippen molar-refractivity contribution < 1.29 is 0 Å². The van der Waals surface area contributed by atoms with Crippen LogP contribution in [0.25, 0.3) is 10.9 Å². The van der Waals surface area contributed by atoms with Gasteiger partial charge in [0.05, 0.1) is 22.0 Å². The molecule has 0 aliphatic carbocycles. The zero-order chi connectivity index (χ0) is 15.0. The second kappa shape index (κ2) is 5.66. The lowest BCUT2D eigenvalue weighted by Crippen LogP contribution is -2.43. The fourth-order valence-corrected chi connectivity index (χ4v) is 3.27. The molecule has 0 saturated carbocycles.